The number of carbonyl (C=O) groups is 1. The Morgan fingerprint density at radius 2 is 2.41 bits per heavy atom. The van der Waals surface area contributed by atoms with Gasteiger partial charge in [-0.3, -0.25) is 4.79 Å². The Morgan fingerprint density at radius 1 is 1.65 bits per heavy atom. The fraction of sp³-hybridized carbons (Fsp3) is 0.455. The van der Waals surface area contributed by atoms with Crippen LogP contribution in [0, 0.1) is 0 Å². The predicted molar refractivity (Wildman–Crippen MR) is 63.1 cm³/mol. The van der Waals surface area contributed by atoms with Crippen LogP contribution < -0.4 is 11.1 Å². The molecule has 0 saturated carbocycles. The Morgan fingerprint density at radius 3 is 3.06 bits per heavy atom. The van der Waals surface area contributed by atoms with Crippen LogP contribution in [0.4, 0.5) is 0 Å². The van der Waals surface area contributed by atoms with Gasteiger partial charge in [-0.15, -0.1) is 0 Å². The quantitative estimate of drug-likeness (QED) is 0.227. The predicted octanol–water partition coefficient (Wildman–Crippen LogP) is 1.10. The van der Waals surface area contributed by atoms with Gasteiger partial charge < -0.3 is 20.7 Å². The SMILES string of the molecule is CCc1occc1C(=O)NCCC/C(N)=N/O. The number of carbonyl (C=O) groups excluding carboxylic acids is 1. The second kappa shape index (κ2) is 6.57. The third-order valence-electron chi connectivity index (χ3n) is 2.33. The molecule has 0 aromatic carbocycles. The van der Waals surface area contributed by atoms with E-state index in [-0.39, 0.29) is 11.7 Å². The molecule has 6 heteroatoms. The van der Waals surface area contributed by atoms with Gasteiger partial charge in [0.1, 0.15) is 11.6 Å². The molecule has 0 bridgehead atoms. The first-order valence-corrected chi connectivity index (χ1v) is 5.50. The van der Waals surface area contributed by atoms with Crippen LogP contribution >= 0.6 is 0 Å². The molecule has 17 heavy (non-hydrogen) atoms. The summed E-state index contributed by atoms with van der Waals surface area (Å²) in [6, 6.07) is 1.65. The van der Waals surface area contributed by atoms with Crippen molar-refractivity contribution in [3.63, 3.8) is 0 Å². The maximum absolute atomic E-state index is 11.7. The fourth-order valence-corrected chi connectivity index (χ4v) is 1.43. The highest BCUT2D eigenvalue weighted by molar-refractivity contribution is 5.95. The topological polar surface area (TPSA) is 101 Å². The minimum atomic E-state index is -0.157. The van der Waals surface area contributed by atoms with Gasteiger partial charge in [-0.05, 0) is 12.5 Å². The molecule has 0 saturated heterocycles. The van der Waals surface area contributed by atoms with E-state index in [4.69, 9.17) is 15.4 Å². The van der Waals surface area contributed by atoms with Crippen molar-refractivity contribution in [3.8, 4) is 0 Å². The Bertz CT molecular complexity index is 398. The summed E-state index contributed by atoms with van der Waals surface area (Å²) in [6.45, 7) is 2.40. The highest BCUT2D eigenvalue weighted by Gasteiger charge is 2.12. The number of amides is 1. The zero-order chi connectivity index (χ0) is 12.7. The lowest BCUT2D eigenvalue weighted by Crippen LogP contribution is -2.26. The molecule has 1 aromatic rings. The van der Waals surface area contributed by atoms with E-state index in [1.807, 2.05) is 6.92 Å². The number of amidine groups is 1. The lowest BCUT2D eigenvalue weighted by Gasteiger charge is -2.04. The molecular formula is C11H17N3O3. The molecule has 1 amide bonds. The smallest absolute Gasteiger partial charge is 0.254 e. The molecule has 6 nitrogen and oxygen atoms in total. The number of aryl methyl sites for hydroxylation is 1. The standard InChI is InChI=1S/C11H17N3O3/c1-2-9-8(5-7-17-9)11(15)13-6-3-4-10(12)14-16/h5,7,16H,2-4,6H2,1H3,(H2,12,14)(H,13,15). The van der Waals surface area contributed by atoms with Crippen LogP contribution in [0.2, 0.25) is 0 Å². The molecule has 0 fully saturated rings. The number of rotatable bonds is 6. The van der Waals surface area contributed by atoms with Crippen LogP contribution in [0.3, 0.4) is 0 Å². The Kier molecular flexibility index (Phi) is 5.06. The molecular weight excluding hydrogens is 222 g/mol. The Hall–Kier alpha value is -1.98. The van der Waals surface area contributed by atoms with Gasteiger partial charge in [0, 0.05) is 19.4 Å². The average molecular weight is 239 g/mol. The van der Waals surface area contributed by atoms with E-state index in [0.29, 0.717) is 37.1 Å². The van der Waals surface area contributed by atoms with Crippen LogP contribution in [0.5, 0.6) is 0 Å². The maximum Gasteiger partial charge on any atom is 0.254 e. The molecule has 4 N–H and O–H groups in total. The maximum atomic E-state index is 11.7. The van der Waals surface area contributed by atoms with Crippen LogP contribution in [0.1, 0.15) is 35.9 Å². The Labute approximate surface area is 99.5 Å². The van der Waals surface area contributed by atoms with Crippen molar-refractivity contribution >= 4 is 11.7 Å². The fourth-order valence-electron chi connectivity index (χ4n) is 1.43. The van der Waals surface area contributed by atoms with Crippen molar-refractivity contribution < 1.29 is 14.4 Å². The first-order valence-electron chi connectivity index (χ1n) is 5.50. The molecule has 0 atom stereocenters. The first-order chi connectivity index (χ1) is 8.19. The van der Waals surface area contributed by atoms with Crippen molar-refractivity contribution in [1.29, 1.82) is 0 Å². The summed E-state index contributed by atoms with van der Waals surface area (Å²) in [7, 11) is 0. The molecule has 0 unspecified atom stereocenters. The summed E-state index contributed by atoms with van der Waals surface area (Å²) in [5.41, 5.74) is 5.87. The molecule has 0 aliphatic carbocycles. The monoisotopic (exact) mass is 239 g/mol. The van der Waals surface area contributed by atoms with E-state index in [9.17, 15) is 4.79 Å². The largest absolute Gasteiger partial charge is 0.469 e. The number of oxime groups is 1. The lowest BCUT2D eigenvalue weighted by molar-refractivity contribution is 0.0951. The van der Waals surface area contributed by atoms with Gasteiger partial charge in [-0.2, -0.15) is 0 Å². The van der Waals surface area contributed by atoms with Crippen LogP contribution in [-0.2, 0) is 6.42 Å². The van der Waals surface area contributed by atoms with Crippen molar-refractivity contribution in [2.75, 3.05) is 6.54 Å². The number of nitrogens with zero attached hydrogens (tertiary/aromatic N) is 1. The molecule has 0 radical (unpaired) electrons. The van der Waals surface area contributed by atoms with Crippen molar-refractivity contribution in [2.24, 2.45) is 10.9 Å². The van der Waals surface area contributed by atoms with Crippen molar-refractivity contribution in [1.82, 2.24) is 5.32 Å². The summed E-state index contributed by atoms with van der Waals surface area (Å²) in [6.07, 6.45) is 3.26. The van der Waals surface area contributed by atoms with E-state index < -0.39 is 0 Å². The normalized spacial score (nSPS) is 11.5. The molecule has 94 valence electrons. The van der Waals surface area contributed by atoms with E-state index in [0.717, 1.165) is 0 Å². The minimum absolute atomic E-state index is 0.157. The Balaban J connectivity index is 2.35. The van der Waals surface area contributed by atoms with E-state index in [1.165, 1.54) is 6.26 Å². The van der Waals surface area contributed by atoms with Crippen LogP contribution in [-0.4, -0.2) is 23.5 Å². The molecule has 1 rings (SSSR count). The summed E-state index contributed by atoms with van der Waals surface area (Å²) in [5, 5.41) is 13.9. The van der Waals surface area contributed by atoms with Gasteiger partial charge in [0.15, 0.2) is 0 Å². The van der Waals surface area contributed by atoms with Crippen molar-refractivity contribution in [3.05, 3.63) is 23.7 Å². The first kappa shape index (κ1) is 13.1. The molecule has 1 aromatic heterocycles. The van der Waals surface area contributed by atoms with E-state index in [2.05, 4.69) is 10.5 Å². The molecule has 1 heterocycles. The van der Waals surface area contributed by atoms with Gasteiger partial charge in [-0.25, -0.2) is 0 Å². The second-order valence-electron chi connectivity index (χ2n) is 3.56. The van der Waals surface area contributed by atoms with Gasteiger partial charge >= 0.3 is 0 Å². The van der Waals surface area contributed by atoms with Crippen molar-refractivity contribution in [2.45, 2.75) is 26.2 Å². The molecule has 0 aliphatic rings. The third kappa shape index (κ3) is 3.82. The summed E-state index contributed by atoms with van der Waals surface area (Å²) < 4.78 is 5.16. The lowest BCUT2D eigenvalue weighted by atomic mass is 10.2. The number of furan rings is 1. The summed E-state index contributed by atoms with van der Waals surface area (Å²) in [5.74, 6) is 0.686. The third-order valence-corrected chi connectivity index (χ3v) is 2.33. The van der Waals surface area contributed by atoms with Gasteiger partial charge in [0.05, 0.1) is 11.8 Å². The average Bonchev–Trinajstić information content (AvgIpc) is 2.82. The highest BCUT2D eigenvalue weighted by Crippen LogP contribution is 2.10. The van der Waals surface area contributed by atoms with Gasteiger partial charge in [0.2, 0.25) is 0 Å². The number of nitrogens with one attached hydrogen (secondary N) is 1. The van der Waals surface area contributed by atoms with Crippen LogP contribution in [0.25, 0.3) is 0 Å². The zero-order valence-electron chi connectivity index (χ0n) is 9.77. The van der Waals surface area contributed by atoms with E-state index >= 15 is 0 Å². The second-order valence-corrected chi connectivity index (χ2v) is 3.56. The number of hydrogen-bond acceptors (Lipinski definition) is 4. The van der Waals surface area contributed by atoms with Crippen LogP contribution in [0.15, 0.2) is 21.9 Å². The number of hydrogen-bond donors (Lipinski definition) is 3. The zero-order valence-corrected chi connectivity index (χ0v) is 9.77. The number of nitrogens with two attached hydrogens (primary N) is 1. The molecule has 0 spiro atoms. The van der Waals surface area contributed by atoms with Gasteiger partial charge in [-0.1, -0.05) is 12.1 Å². The highest BCUT2D eigenvalue weighted by atomic mass is 16.4. The molecule has 0 aliphatic heterocycles. The van der Waals surface area contributed by atoms with Gasteiger partial charge in [0.25, 0.3) is 5.91 Å². The van der Waals surface area contributed by atoms with E-state index in [1.54, 1.807) is 6.07 Å². The summed E-state index contributed by atoms with van der Waals surface area (Å²) in [4.78, 5) is 11.7. The summed E-state index contributed by atoms with van der Waals surface area (Å²) >= 11 is 0. The minimum Gasteiger partial charge on any atom is -0.469 e.